The van der Waals surface area contributed by atoms with Gasteiger partial charge in [0.1, 0.15) is 0 Å². The molecule has 16 heavy (non-hydrogen) atoms. The molecule has 0 radical (unpaired) electrons. The van der Waals surface area contributed by atoms with Crippen molar-refractivity contribution in [2.75, 3.05) is 6.54 Å². The average molecular weight is 235 g/mol. The van der Waals surface area contributed by atoms with Crippen molar-refractivity contribution in [1.29, 1.82) is 0 Å². The fraction of sp³-hybridized carbons (Fsp3) is 0.571. The molecule has 1 nitrogen and oxygen atoms in total. The van der Waals surface area contributed by atoms with Crippen LogP contribution in [0.1, 0.15) is 38.5 Å². The summed E-state index contributed by atoms with van der Waals surface area (Å²) in [6.07, 6.45) is 8.02. The second-order valence-electron chi connectivity index (χ2n) is 4.72. The number of benzene rings is 1. The maximum absolute atomic E-state index is 6.03. The molecule has 0 bridgehead atoms. The zero-order valence-electron chi connectivity index (χ0n) is 9.82. The molecule has 1 aromatic carbocycles. The Hall–Kier alpha value is -0.470. The van der Waals surface area contributed by atoms with Gasteiger partial charge in [-0.2, -0.15) is 0 Å². The zero-order valence-corrected chi connectivity index (χ0v) is 10.6. The third-order valence-electron chi connectivity index (χ3n) is 3.46. The molecule has 2 N–H and O–H groups in total. The molecule has 0 aromatic heterocycles. The molecule has 0 amide bonds. The summed E-state index contributed by atoms with van der Waals surface area (Å²) in [5.41, 5.74) is 6.03. The van der Waals surface area contributed by atoms with Gasteiger partial charge in [-0.05, 0) is 25.0 Å². The molecular weight excluding hydrogens is 214 g/mol. The van der Waals surface area contributed by atoms with Gasteiger partial charge in [-0.25, -0.2) is 0 Å². The first kappa shape index (κ1) is 12.0. The minimum absolute atomic E-state index is 0.303. The average Bonchev–Trinajstić information content (AvgIpc) is 2.57. The Bertz CT molecular complexity index is 302. The van der Waals surface area contributed by atoms with E-state index in [2.05, 4.69) is 30.3 Å². The monoisotopic (exact) mass is 235 g/mol. The minimum atomic E-state index is 0.303. The molecule has 2 heteroatoms. The van der Waals surface area contributed by atoms with E-state index in [0.29, 0.717) is 4.75 Å². The Morgan fingerprint density at radius 1 is 1.00 bits per heavy atom. The van der Waals surface area contributed by atoms with Crippen molar-refractivity contribution in [2.24, 2.45) is 5.73 Å². The Labute approximate surface area is 103 Å². The van der Waals surface area contributed by atoms with Crippen molar-refractivity contribution in [3.05, 3.63) is 30.3 Å². The summed E-state index contributed by atoms with van der Waals surface area (Å²) in [5, 5.41) is 0. The Kier molecular flexibility index (Phi) is 4.30. The summed E-state index contributed by atoms with van der Waals surface area (Å²) in [5.74, 6) is 0. The number of nitrogens with two attached hydrogens (primary N) is 1. The summed E-state index contributed by atoms with van der Waals surface area (Å²) in [4.78, 5) is 1.37. The molecule has 1 fully saturated rings. The summed E-state index contributed by atoms with van der Waals surface area (Å²) in [6.45, 7) is 0.812. The molecule has 0 saturated heterocycles. The van der Waals surface area contributed by atoms with E-state index < -0.39 is 0 Å². The smallest absolute Gasteiger partial charge is 0.0329 e. The second-order valence-corrected chi connectivity index (χ2v) is 6.26. The van der Waals surface area contributed by atoms with Gasteiger partial charge in [-0.15, -0.1) is 11.8 Å². The Balaban J connectivity index is 2.08. The molecule has 88 valence electrons. The standard InChI is InChI=1S/C14H21NS/c15-12-14(10-6-1-2-7-11-14)16-13-8-4-3-5-9-13/h3-5,8-9H,1-2,6-7,10-12,15H2. The minimum Gasteiger partial charge on any atom is -0.329 e. The van der Waals surface area contributed by atoms with Crippen LogP contribution in [0, 0.1) is 0 Å². The molecule has 1 aliphatic carbocycles. The highest BCUT2D eigenvalue weighted by Gasteiger charge is 2.30. The van der Waals surface area contributed by atoms with Gasteiger partial charge in [0.05, 0.1) is 0 Å². The molecule has 0 atom stereocenters. The maximum Gasteiger partial charge on any atom is 0.0329 e. The molecule has 2 rings (SSSR count). The van der Waals surface area contributed by atoms with Crippen molar-refractivity contribution >= 4 is 11.8 Å². The lowest BCUT2D eigenvalue weighted by Gasteiger charge is -2.30. The van der Waals surface area contributed by atoms with E-state index >= 15 is 0 Å². The van der Waals surface area contributed by atoms with Crippen LogP contribution in [0.2, 0.25) is 0 Å². The lowest BCUT2D eigenvalue weighted by molar-refractivity contribution is 0.521. The predicted molar refractivity (Wildman–Crippen MR) is 71.8 cm³/mol. The van der Waals surface area contributed by atoms with E-state index in [1.165, 1.54) is 43.4 Å². The highest BCUT2D eigenvalue weighted by Crippen LogP contribution is 2.42. The number of hydrogen-bond acceptors (Lipinski definition) is 2. The van der Waals surface area contributed by atoms with E-state index in [9.17, 15) is 0 Å². The summed E-state index contributed by atoms with van der Waals surface area (Å²) >= 11 is 2.00. The first-order valence-corrected chi connectivity index (χ1v) is 7.10. The Morgan fingerprint density at radius 3 is 2.19 bits per heavy atom. The van der Waals surface area contributed by atoms with Crippen molar-refractivity contribution in [3.8, 4) is 0 Å². The quantitative estimate of drug-likeness (QED) is 0.806. The predicted octanol–water partition coefficient (Wildman–Crippen LogP) is 3.83. The largest absolute Gasteiger partial charge is 0.329 e. The van der Waals surface area contributed by atoms with Crippen LogP contribution in [0.25, 0.3) is 0 Å². The van der Waals surface area contributed by atoms with Crippen molar-refractivity contribution < 1.29 is 0 Å². The molecule has 0 unspecified atom stereocenters. The van der Waals surface area contributed by atoms with E-state index in [-0.39, 0.29) is 0 Å². The van der Waals surface area contributed by atoms with E-state index in [4.69, 9.17) is 5.73 Å². The maximum atomic E-state index is 6.03. The topological polar surface area (TPSA) is 26.0 Å². The summed E-state index contributed by atoms with van der Waals surface area (Å²) in [6, 6.07) is 10.7. The lowest BCUT2D eigenvalue weighted by atomic mass is 9.99. The number of thioether (sulfide) groups is 1. The van der Waals surface area contributed by atoms with Crippen LogP contribution in [0.3, 0.4) is 0 Å². The Morgan fingerprint density at radius 2 is 1.62 bits per heavy atom. The van der Waals surface area contributed by atoms with Gasteiger partial charge in [0, 0.05) is 16.2 Å². The van der Waals surface area contributed by atoms with Crippen LogP contribution in [-0.4, -0.2) is 11.3 Å². The number of hydrogen-bond donors (Lipinski definition) is 1. The van der Waals surface area contributed by atoms with Gasteiger partial charge < -0.3 is 5.73 Å². The molecule has 1 saturated carbocycles. The second kappa shape index (κ2) is 5.74. The van der Waals surface area contributed by atoms with E-state index in [1.807, 2.05) is 11.8 Å². The highest BCUT2D eigenvalue weighted by atomic mass is 32.2. The molecule has 1 aromatic rings. The fourth-order valence-electron chi connectivity index (χ4n) is 2.46. The van der Waals surface area contributed by atoms with Crippen LogP contribution in [-0.2, 0) is 0 Å². The summed E-state index contributed by atoms with van der Waals surface area (Å²) in [7, 11) is 0. The first-order valence-electron chi connectivity index (χ1n) is 6.29. The van der Waals surface area contributed by atoms with Crippen LogP contribution < -0.4 is 5.73 Å². The third-order valence-corrected chi connectivity index (χ3v) is 4.98. The first-order chi connectivity index (χ1) is 7.85. The van der Waals surface area contributed by atoms with Crippen LogP contribution in [0.5, 0.6) is 0 Å². The fourth-order valence-corrected chi connectivity index (χ4v) is 3.83. The van der Waals surface area contributed by atoms with Gasteiger partial charge in [-0.1, -0.05) is 43.9 Å². The van der Waals surface area contributed by atoms with Gasteiger partial charge in [0.25, 0.3) is 0 Å². The van der Waals surface area contributed by atoms with Crippen molar-refractivity contribution in [3.63, 3.8) is 0 Å². The lowest BCUT2D eigenvalue weighted by Crippen LogP contribution is -2.33. The van der Waals surface area contributed by atoms with Gasteiger partial charge in [0.2, 0.25) is 0 Å². The normalized spacial score (nSPS) is 20.3. The molecule has 0 spiro atoms. The molecular formula is C14H21NS. The van der Waals surface area contributed by atoms with Gasteiger partial charge in [-0.3, -0.25) is 0 Å². The molecule has 1 aliphatic rings. The van der Waals surface area contributed by atoms with Crippen LogP contribution >= 0.6 is 11.8 Å². The molecule has 0 heterocycles. The zero-order chi connectivity index (χ0) is 11.3. The van der Waals surface area contributed by atoms with Gasteiger partial charge in [0.15, 0.2) is 0 Å². The van der Waals surface area contributed by atoms with Crippen LogP contribution in [0.15, 0.2) is 35.2 Å². The SMILES string of the molecule is NCC1(Sc2ccccc2)CCCCCC1. The summed E-state index contributed by atoms with van der Waals surface area (Å²) < 4.78 is 0.303. The number of rotatable bonds is 3. The third kappa shape index (κ3) is 3.02. The van der Waals surface area contributed by atoms with Crippen LogP contribution in [0.4, 0.5) is 0 Å². The van der Waals surface area contributed by atoms with Gasteiger partial charge >= 0.3 is 0 Å². The molecule has 0 aliphatic heterocycles. The van der Waals surface area contributed by atoms with Crippen molar-refractivity contribution in [2.45, 2.75) is 48.2 Å². The van der Waals surface area contributed by atoms with Crippen molar-refractivity contribution in [1.82, 2.24) is 0 Å². The highest BCUT2D eigenvalue weighted by molar-refractivity contribution is 8.00. The van der Waals surface area contributed by atoms with E-state index in [1.54, 1.807) is 0 Å². The van der Waals surface area contributed by atoms with E-state index in [0.717, 1.165) is 6.54 Å².